The van der Waals surface area contributed by atoms with E-state index in [9.17, 15) is 4.79 Å². The first-order valence-corrected chi connectivity index (χ1v) is 5.15. The molecule has 1 N–H and O–H groups in total. The molecule has 1 heterocycles. The molecular weight excluding hydrogens is 188 g/mol. The van der Waals surface area contributed by atoms with Crippen molar-refractivity contribution in [2.45, 2.75) is 13.8 Å². The molecule has 0 saturated carbocycles. The maximum absolute atomic E-state index is 11.2. The summed E-state index contributed by atoms with van der Waals surface area (Å²) in [4.78, 5) is 15.6. The predicted octanol–water partition coefficient (Wildman–Crippen LogP) is 1.59. The van der Waals surface area contributed by atoms with Crippen molar-refractivity contribution in [3.8, 4) is 0 Å². The molecule has 2 rings (SSSR count). The highest BCUT2D eigenvalue weighted by Gasteiger charge is 2.22. The molecule has 0 saturated heterocycles. The Balaban J connectivity index is 2.41. The van der Waals surface area contributed by atoms with Gasteiger partial charge in [-0.05, 0) is 25.5 Å². The van der Waals surface area contributed by atoms with Gasteiger partial charge in [0.15, 0.2) is 0 Å². The van der Waals surface area contributed by atoms with Gasteiger partial charge in [0.05, 0.1) is 5.71 Å². The van der Waals surface area contributed by atoms with Crippen molar-refractivity contribution >= 4 is 11.6 Å². The van der Waals surface area contributed by atoms with Crippen LogP contribution in [0.3, 0.4) is 0 Å². The van der Waals surface area contributed by atoms with Crippen molar-refractivity contribution in [3.05, 3.63) is 35.6 Å². The Morgan fingerprint density at radius 2 is 2.13 bits per heavy atom. The Kier molecular flexibility index (Phi) is 2.54. The molecule has 1 atom stereocenters. The second kappa shape index (κ2) is 3.85. The molecule has 2 aliphatic rings. The summed E-state index contributed by atoms with van der Waals surface area (Å²) in [5.41, 5.74) is 3.01. The van der Waals surface area contributed by atoms with Gasteiger partial charge in [-0.15, -0.1) is 0 Å². The molecule has 15 heavy (non-hydrogen) atoms. The fourth-order valence-electron chi connectivity index (χ4n) is 1.85. The minimum atomic E-state index is -0.0493. The monoisotopic (exact) mass is 202 g/mol. The summed E-state index contributed by atoms with van der Waals surface area (Å²) in [7, 11) is 0. The molecule has 0 aromatic rings. The lowest BCUT2D eigenvalue weighted by Gasteiger charge is -2.24. The second-order valence-electron chi connectivity index (χ2n) is 3.63. The van der Waals surface area contributed by atoms with Gasteiger partial charge in [0.2, 0.25) is 5.91 Å². The van der Waals surface area contributed by atoms with E-state index in [0.29, 0.717) is 0 Å². The van der Waals surface area contributed by atoms with Crippen molar-refractivity contribution in [1.82, 2.24) is 5.32 Å². The van der Waals surface area contributed by atoms with Crippen LogP contribution in [0.15, 0.2) is 40.6 Å². The van der Waals surface area contributed by atoms with Crippen LogP contribution in [0.2, 0.25) is 0 Å². The normalized spacial score (nSPS) is 26.9. The Morgan fingerprint density at radius 3 is 2.87 bits per heavy atom. The molecule has 0 bridgehead atoms. The van der Waals surface area contributed by atoms with E-state index < -0.39 is 0 Å². The van der Waals surface area contributed by atoms with Crippen LogP contribution in [0.25, 0.3) is 0 Å². The van der Waals surface area contributed by atoms with Gasteiger partial charge >= 0.3 is 0 Å². The third kappa shape index (κ3) is 1.77. The second-order valence-corrected chi connectivity index (χ2v) is 3.63. The number of hydrogen-bond acceptors (Lipinski definition) is 2. The Hall–Kier alpha value is -1.64. The SMILES string of the molecule is CCN=C1C=CC2C=CC(=O)NC2=C1C. The highest BCUT2D eigenvalue weighted by Crippen LogP contribution is 2.24. The first kappa shape index (κ1) is 9.90. The van der Waals surface area contributed by atoms with E-state index in [1.54, 1.807) is 6.08 Å². The zero-order chi connectivity index (χ0) is 10.8. The summed E-state index contributed by atoms with van der Waals surface area (Å²) < 4.78 is 0. The summed E-state index contributed by atoms with van der Waals surface area (Å²) in [6.07, 6.45) is 7.58. The fourth-order valence-corrected chi connectivity index (χ4v) is 1.85. The van der Waals surface area contributed by atoms with Gasteiger partial charge in [0, 0.05) is 24.2 Å². The molecule has 78 valence electrons. The minimum absolute atomic E-state index is 0.0493. The van der Waals surface area contributed by atoms with Gasteiger partial charge in [0.1, 0.15) is 0 Å². The minimum Gasteiger partial charge on any atom is -0.325 e. The number of nitrogens with zero attached hydrogens (tertiary/aromatic N) is 1. The van der Waals surface area contributed by atoms with Gasteiger partial charge in [-0.1, -0.05) is 12.2 Å². The van der Waals surface area contributed by atoms with E-state index in [2.05, 4.69) is 16.4 Å². The lowest BCUT2D eigenvalue weighted by molar-refractivity contribution is -0.116. The number of aliphatic imine (C=N–C) groups is 1. The number of allylic oxidation sites excluding steroid dienone is 3. The van der Waals surface area contributed by atoms with Crippen LogP contribution >= 0.6 is 0 Å². The van der Waals surface area contributed by atoms with Crippen LogP contribution in [0.1, 0.15) is 13.8 Å². The molecule has 0 radical (unpaired) electrons. The van der Waals surface area contributed by atoms with Crippen molar-refractivity contribution in [3.63, 3.8) is 0 Å². The molecule has 0 aromatic carbocycles. The van der Waals surface area contributed by atoms with E-state index in [-0.39, 0.29) is 11.8 Å². The molecule has 3 heteroatoms. The van der Waals surface area contributed by atoms with Crippen LogP contribution in [-0.4, -0.2) is 18.2 Å². The van der Waals surface area contributed by atoms with Gasteiger partial charge in [-0.25, -0.2) is 0 Å². The number of nitrogens with one attached hydrogen (secondary N) is 1. The van der Waals surface area contributed by atoms with E-state index in [4.69, 9.17) is 0 Å². The zero-order valence-corrected chi connectivity index (χ0v) is 8.95. The van der Waals surface area contributed by atoms with Crippen molar-refractivity contribution in [2.24, 2.45) is 10.9 Å². The largest absolute Gasteiger partial charge is 0.325 e. The van der Waals surface area contributed by atoms with Gasteiger partial charge in [0.25, 0.3) is 0 Å². The van der Waals surface area contributed by atoms with Crippen molar-refractivity contribution in [2.75, 3.05) is 6.54 Å². The van der Waals surface area contributed by atoms with Crippen LogP contribution < -0.4 is 5.32 Å². The lowest BCUT2D eigenvalue weighted by atomic mass is 9.90. The van der Waals surface area contributed by atoms with Gasteiger partial charge in [-0.2, -0.15) is 0 Å². The number of amides is 1. The Morgan fingerprint density at radius 1 is 1.40 bits per heavy atom. The molecular formula is C12H14N2O. The average molecular weight is 202 g/mol. The van der Waals surface area contributed by atoms with E-state index >= 15 is 0 Å². The Bertz CT molecular complexity index is 413. The standard InChI is InChI=1S/C12H14N2O/c1-3-13-10-6-4-9-5-7-11(15)14-12(9)8(10)2/h4-7,9H,3H2,1-2H3,(H,14,15). The van der Waals surface area contributed by atoms with E-state index in [1.165, 1.54) is 0 Å². The topological polar surface area (TPSA) is 41.5 Å². The first-order chi connectivity index (χ1) is 7.22. The van der Waals surface area contributed by atoms with Crippen molar-refractivity contribution < 1.29 is 4.79 Å². The Labute approximate surface area is 89.3 Å². The molecule has 0 fully saturated rings. The van der Waals surface area contributed by atoms with E-state index in [0.717, 1.165) is 23.5 Å². The highest BCUT2D eigenvalue weighted by atomic mass is 16.1. The molecule has 0 spiro atoms. The molecule has 0 aromatic heterocycles. The highest BCUT2D eigenvalue weighted by molar-refractivity contribution is 6.10. The number of carbonyl (C=O) groups is 1. The molecule has 3 nitrogen and oxygen atoms in total. The summed E-state index contributed by atoms with van der Waals surface area (Å²) >= 11 is 0. The van der Waals surface area contributed by atoms with Crippen molar-refractivity contribution in [1.29, 1.82) is 0 Å². The predicted molar refractivity (Wildman–Crippen MR) is 60.6 cm³/mol. The van der Waals surface area contributed by atoms with Gasteiger partial charge < -0.3 is 5.32 Å². The molecule has 1 amide bonds. The summed E-state index contributed by atoms with van der Waals surface area (Å²) in [5.74, 6) is 0.158. The van der Waals surface area contributed by atoms with Crippen LogP contribution in [-0.2, 0) is 4.79 Å². The third-order valence-corrected chi connectivity index (χ3v) is 2.62. The van der Waals surface area contributed by atoms with Crippen LogP contribution in [0.4, 0.5) is 0 Å². The number of carbonyl (C=O) groups excluding carboxylic acids is 1. The summed E-state index contributed by atoms with van der Waals surface area (Å²) in [5, 5.41) is 2.88. The average Bonchev–Trinajstić information content (AvgIpc) is 2.23. The smallest absolute Gasteiger partial charge is 0.247 e. The van der Waals surface area contributed by atoms with Crippen LogP contribution in [0.5, 0.6) is 0 Å². The van der Waals surface area contributed by atoms with Gasteiger partial charge in [-0.3, -0.25) is 9.79 Å². The number of rotatable bonds is 1. The molecule has 1 aliphatic heterocycles. The molecule has 1 unspecified atom stereocenters. The quantitative estimate of drug-likeness (QED) is 0.689. The third-order valence-electron chi connectivity index (χ3n) is 2.62. The fraction of sp³-hybridized carbons (Fsp3) is 0.333. The lowest BCUT2D eigenvalue weighted by Crippen LogP contribution is -2.32. The first-order valence-electron chi connectivity index (χ1n) is 5.15. The summed E-state index contributed by atoms with van der Waals surface area (Å²) in [6, 6.07) is 0. The maximum Gasteiger partial charge on any atom is 0.247 e. The van der Waals surface area contributed by atoms with Crippen LogP contribution in [0, 0.1) is 5.92 Å². The molecule has 1 aliphatic carbocycles. The summed E-state index contributed by atoms with van der Waals surface area (Å²) in [6.45, 7) is 4.77. The maximum atomic E-state index is 11.2. The number of hydrogen-bond donors (Lipinski definition) is 1. The van der Waals surface area contributed by atoms with E-state index in [1.807, 2.05) is 26.0 Å². The zero-order valence-electron chi connectivity index (χ0n) is 8.95. The number of fused-ring (bicyclic) bond motifs is 1.